The number of likely N-dealkylation sites (N-methyl/N-ethyl adjacent to an activating group) is 1. The second-order valence-corrected chi connectivity index (χ2v) is 8.99. The minimum absolute atomic E-state index is 0.0538. The SMILES string of the molecule is CN(C(=O)c1ccc(C#CC(C)(C)O)cc1)[C@H]1CCCN(CCCc2ccccc2)C1. The summed E-state index contributed by atoms with van der Waals surface area (Å²) in [4.78, 5) is 17.4. The van der Waals surface area contributed by atoms with Gasteiger partial charge in [-0.15, -0.1) is 0 Å². The summed E-state index contributed by atoms with van der Waals surface area (Å²) in [7, 11) is 1.92. The molecule has 0 bridgehead atoms. The van der Waals surface area contributed by atoms with Gasteiger partial charge in [0, 0.05) is 30.8 Å². The third-order valence-electron chi connectivity index (χ3n) is 5.78. The molecule has 1 fully saturated rings. The van der Waals surface area contributed by atoms with E-state index in [0.717, 1.165) is 50.9 Å². The van der Waals surface area contributed by atoms with Crippen LogP contribution in [0.4, 0.5) is 0 Å². The summed E-state index contributed by atoms with van der Waals surface area (Å²) in [5.74, 6) is 5.80. The van der Waals surface area contributed by atoms with Crippen LogP contribution in [0.5, 0.6) is 0 Å². The summed E-state index contributed by atoms with van der Waals surface area (Å²) in [6.45, 7) is 6.43. The van der Waals surface area contributed by atoms with Gasteiger partial charge in [-0.1, -0.05) is 42.2 Å². The second-order valence-electron chi connectivity index (χ2n) is 8.99. The Morgan fingerprint density at radius 1 is 1.16 bits per heavy atom. The summed E-state index contributed by atoms with van der Waals surface area (Å²) in [6, 6.07) is 18.2. The first-order valence-corrected chi connectivity index (χ1v) is 11.2. The van der Waals surface area contributed by atoms with E-state index in [-0.39, 0.29) is 11.9 Å². The fourth-order valence-electron chi connectivity index (χ4n) is 3.99. The molecule has 2 aromatic carbocycles. The van der Waals surface area contributed by atoms with Gasteiger partial charge in [0.2, 0.25) is 0 Å². The number of benzene rings is 2. The number of amides is 1. The molecule has 1 aliphatic rings. The molecule has 1 atom stereocenters. The molecule has 1 aliphatic heterocycles. The van der Waals surface area contributed by atoms with Crippen molar-refractivity contribution in [2.75, 3.05) is 26.7 Å². The number of aryl methyl sites for hydroxylation is 1. The smallest absolute Gasteiger partial charge is 0.253 e. The summed E-state index contributed by atoms with van der Waals surface area (Å²) < 4.78 is 0. The van der Waals surface area contributed by atoms with E-state index >= 15 is 0 Å². The third-order valence-corrected chi connectivity index (χ3v) is 5.78. The molecule has 1 N–H and O–H groups in total. The highest BCUT2D eigenvalue weighted by molar-refractivity contribution is 5.94. The van der Waals surface area contributed by atoms with Crippen molar-refractivity contribution in [3.05, 3.63) is 71.3 Å². The van der Waals surface area contributed by atoms with Gasteiger partial charge < -0.3 is 14.9 Å². The normalized spacial score (nSPS) is 17.0. The lowest BCUT2D eigenvalue weighted by molar-refractivity contribution is 0.0617. The number of carbonyl (C=O) groups excluding carboxylic acids is 1. The summed E-state index contributed by atoms with van der Waals surface area (Å²) in [5, 5.41) is 9.73. The highest BCUT2D eigenvalue weighted by Crippen LogP contribution is 2.18. The number of carbonyl (C=O) groups is 1. The van der Waals surface area contributed by atoms with Crippen LogP contribution in [0.15, 0.2) is 54.6 Å². The standard InChI is InChI=1S/C27H34N2O2/c1-27(2,31)18-17-23-13-15-24(16-14-23)26(30)28(3)25-12-8-20-29(21-25)19-7-11-22-9-5-4-6-10-22/h4-6,9-10,13-16,25,31H,7-8,11-12,19-21H2,1-3H3/t25-/m0/s1. The zero-order valence-corrected chi connectivity index (χ0v) is 19.0. The van der Waals surface area contributed by atoms with Gasteiger partial charge in [0.1, 0.15) is 5.60 Å². The zero-order chi connectivity index (χ0) is 22.3. The average molecular weight is 419 g/mol. The first-order chi connectivity index (χ1) is 14.8. The zero-order valence-electron chi connectivity index (χ0n) is 19.0. The van der Waals surface area contributed by atoms with Crippen LogP contribution in [0.1, 0.15) is 54.6 Å². The Labute approximate surface area is 186 Å². The highest BCUT2D eigenvalue weighted by Gasteiger charge is 2.26. The summed E-state index contributed by atoms with van der Waals surface area (Å²) in [6.07, 6.45) is 4.41. The lowest BCUT2D eigenvalue weighted by Crippen LogP contribution is -2.48. The largest absolute Gasteiger partial charge is 0.378 e. The Bertz CT molecular complexity index is 904. The van der Waals surface area contributed by atoms with Gasteiger partial charge in [-0.2, -0.15) is 0 Å². The minimum atomic E-state index is -1.03. The van der Waals surface area contributed by atoms with Crippen LogP contribution in [0, 0.1) is 11.8 Å². The van der Waals surface area contributed by atoms with Crippen LogP contribution in [0.25, 0.3) is 0 Å². The van der Waals surface area contributed by atoms with Crippen LogP contribution in [-0.2, 0) is 6.42 Å². The Balaban J connectivity index is 1.53. The molecular weight excluding hydrogens is 384 g/mol. The number of nitrogens with zero attached hydrogens (tertiary/aromatic N) is 2. The molecule has 1 amide bonds. The quantitative estimate of drug-likeness (QED) is 0.722. The monoisotopic (exact) mass is 418 g/mol. The Kier molecular flexibility index (Phi) is 7.90. The van der Waals surface area contributed by atoms with Crippen LogP contribution >= 0.6 is 0 Å². The van der Waals surface area contributed by atoms with Crippen molar-refractivity contribution >= 4 is 5.91 Å². The van der Waals surface area contributed by atoms with Crippen molar-refractivity contribution in [3.63, 3.8) is 0 Å². The van der Waals surface area contributed by atoms with Crippen molar-refractivity contribution in [2.45, 2.75) is 51.2 Å². The Morgan fingerprint density at radius 2 is 1.87 bits per heavy atom. The maximum Gasteiger partial charge on any atom is 0.253 e. The van der Waals surface area contributed by atoms with E-state index in [9.17, 15) is 9.90 Å². The number of rotatable bonds is 6. The molecule has 1 saturated heterocycles. The topological polar surface area (TPSA) is 43.8 Å². The summed E-state index contributed by atoms with van der Waals surface area (Å²) >= 11 is 0. The molecule has 3 rings (SSSR count). The molecule has 0 spiro atoms. The van der Waals surface area contributed by atoms with Crippen molar-refractivity contribution in [2.24, 2.45) is 0 Å². The van der Waals surface area contributed by atoms with Crippen molar-refractivity contribution < 1.29 is 9.90 Å². The first-order valence-electron chi connectivity index (χ1n) is 11.2. The van der Waals surface area contributed by atoms with Crippen molar-refractivity contribution in [1.29, 1.82) is 0 Å². The molecule has 4 heteroatoms. The third kappa shape index (κ3) is 7.24. The molecule has 0 radical (unpaired) electrons. The fourth-order valence-corrected chi connectivity index (χ4v) is 3.99. The van der Waals surface area contributed by atoms with Crippen LogP contribution in [0.2, 0.25) is 0 Å². The minimum Gasteiger partial charge on any atom is -0.378 e. The number of hydrogen-bond donors (Lipinski definition) is 1. The molecule has 4 nitrogen and oxygen atoms in total. The molecule has 0 aliphatic carbocycles. The number of piperidine rings is 1. The maximum absolute atomic E-state index is 13.0. The van der Waals surface area contributed by atoms with Crippen LogP contribution in [0.3, 0.4) is 0 Å². The van der Waals surface area contributed by atoms with E-state index in [1.54, 1.807) is 13.8 Å². The molecule has 164 valence electrons. The maximum atomic E-state index is 13.0. The molecule has 1 heterocycles. The molecule has 0 aromatic heterocycles. The Hall–Kier alpha value is -2.61. The number of likely N-dealkylation sites (tertiary alicyclic amines) is 1. The Morgan fingerprint density at radius 3 is 2.55 bits per heavy atom. The van der Waals surface area contributed by atoms with Crippen LogP contribution in [-0.4, -0.2) is 59.1 Å². The fraction of sp³-hybridized carbons (Fsp3) is 0.444. The summed E-state index contributed by atoms with van der Waals surface area (Å²) in [5.41, 5.74) is 1.84. The molecular formula is C27H34N2O2. The van der Waals surface area contributed by atoms with Crippen molar-refractivity contribution in [1.82, 2.24) is 9.80 Å². The molecule has 0 saturated carbocycles. The van der Waals surface area contributed by atoms with Gasteiger partial charge in [0.15, 0.2) is 0 Å². The van der Waals surface area contributed by atoms with Gasteiger partial charge in [-0.05, 0) is 82.4 Å². The predicted molar refractivity (Wildman–Crippen MR) is 126 cm³/mol. The van der Waals surface area contributed by atoms with E-state index in [0.29, 0.717) is 5.56 Å². The van der Waals surface area contributed by atoms with Crippen LogP contribution < -0.4 is 0 Å². The van der Waals surface area contributed by atoms with E-state index < -0.39 is 5.60 Å². The first kappa shape index (κ1) is 23.1. The van der Waals surface area contributed by atoms with Gasteiger partial charge in [0.05, 0.1) is 0 Å². The van der Waals surface area contributed by atoms with E-state index in [1.807, 2.05) is 36.2 Å². The van der Waals surface area contributed by atoms with Crippen molar-refractivity contribution in [3.8, 4) is 11.8 Å². The van der Waals surface area contributed by atoms with E-state index in [4.69, 9.17) is 0 Å². The van der Waals surface area contributed by atoms with Gasteiger partial charge in [0.25, 0.3) is 5.91 Å². The predicted octanol–water partition coefficient (Wildman–Crippen LogP) is 3.98. The molecule has 2 aromatic rings. The molecule has 31 heavy (non-hydrogen) atoms. The molecule has 0 unspecified atom stereocenters. The van der Waals surface area contributed by atoms with Gasteiger partial charge in [-0.25, -0.2) is 0 Å². The highest BCUT2D eigenvalue weighted by atomic mass is 16.3. The average Bonchev–Trinajstić information content (AvgIpc) is 2.77. The van der Waals surface area contributed by atoms with Gasteiger partial charge in [-0.3, -0.25) is 4.79 Å². The van der Waals surface area contributed by atoms with E-state index in [1.165, 1.54) is 5.56 Å². The van der Waals surface area contributed by atoms with E-state index in [2.05, 4.69) is 47.1 Å². The number of hydrogen-bond acceptors (Lipinski definition) is 3. The number of aliphatic hydroxyl groups is 1. The second kappa shape index (κ2) is 10.6. The lowest BCUT2D eigenvalue weighted by atomic mass is 10.0. The lowest BCUT2D eigenvalue weighted by Gasteiger charge is -2.37. The van der Waals surface area contributed by atoms with Gasteiger partial charge >= 0.3 is 0 Å².